The quantitative estimate of drug-likeness (QED) is 0.306. The lowest BCUT2D eigenvalue weighted by atomic mass is 10.2. The molecule has 0 aliphatic heterocycles. The highest BCUT2D eigenvalue weighted by molar-refractivity contribution is 6.68. The smallest absolute Gasteiger partial charge is 0.271 e. The van der Waals surface area contributed by atoms with E-state index in [1.54, 1.807) is 0 Å². The summed E-state index contributed by atoms with van der Waals surface area (Å²) in [5, 5.41) is 26.8. The largest absolute Gasteiger partial charge is 0.362 e. The molecule has 2 aromatic carbocycles. The van der Waals surface area contributed by atoms with E-state index in [2.05, 4.69) is 10.6 Å². The Kier molecular flexibility index (Phi) is 6.42. The van der Waals surface area contributed by atoms with Gasteiger partial charge < -0.3 is 10.6 Å². The van der Waals surface area contributed by atoms with Crippen molar-refractivity contribution in [2.45, 2.75) is 9.96 Å². The van der Waals surface area contributed by atoms with Crippen LogP contribution in [0, 0.1) is 20.2 Å². The maximum Gasteiger partial charge on any atom is 0.271 e. The number of nitro groups is 2. The minimum absolute atomic E-state index is 0.0238. The summed E-state index contributed by atoms with van der Waals surface area (Å²) in [4.78, 5) is 32.8. The number of hydrogen-bond acceptors (Lipinski definition) is 6. The number of benzene rings is 2. The number of alkyl halides is 3. The summed E-state index contributed by atoms with van der Waals surface area (Å²) in [6.45, 7) is 0. The summed E-state index contributed by atoms with van der Waals surface area (Å²) in [5.41, 5.74) is -0.281. The van der Waals surface area contributed by atoms with Gasteiger partial charge in [-0.1, -0.05) is 46.9 Å². The molecule has 12 heteroatoms. The van der Waals surface area contributed by atoms with Gasteiger partial charge in [0.2, 0.25) is 3.79 Å². The van der Waals surface area contributed by atoms with E-state index >= 15 is 0 Å². The summed E-state index contributed by atoms with van der Waals surface area (Å²) < 4.78 is -2.03. The molecule has 0 aliphatic rings. The van der Waals surface area contributed by atoms with Crippen LogP contribution in [-0.2, 0) is 0 Å². The third-order valence-electron chi connectivity index (χ3n) is 3.29. The Labute approximate surface area is 167 Å². The second kappa shape index (κ2) is 8.38. The Morgan fingerprint density at radius 2 is 1.52 bits per heavy atom. The van der Waals surface area contributed by atoms with Gasteiger partial charge >= 0.3 is 0 Å². The lowest BCUT2D eigenvalue weighted by Crippen LogP contribution is -2.49. The third-order valence-corrected chi connectivity index (χ3v) is 3.94. The molecule has 27 heavy (non-hydrogen) atoms. The predicted octanol–water partition coefficient (Wildman–Crippen LogP) is 4.04. The van der Waals surface area contributed by atoms with Crippen molar-refractivity contribution in [2.75, 3.05) is 5.32 Å². The van der Waals surface area contributed by atoms with Gasteiger partial charge in [0, 0.05) is 35.5 Å². The van der Waals surface area contributed by atoms with E-state index in [9.17, 15) is 25.0 Å². The first kappa shape index (κ1) is 20.7. The van der Waals surface area contributed by atoms with Crippen LogP contribution in [0.3, 0.4) is 0 Å². The molecule has 0 spiro atoms. The van der Waals surface area contributed by atoms with E-state index in [0.29, 0.717) is 0 Å². The fraction of sp³-hybridized carbons (Fsp3) is 0.133. The minimum Gasteiger partial charge on any atom is -0.362 e. The number of halogens is 3. The van der Waals surface area contributed by atoms with Crippen molar-refractivity contribution in [3.8, 4) is 0 Å². The molecule has 2 aromatic rings. The average molecular weight is 434 g/mol. The van der Waals surface area contributed by atoms with Crippen LogP contribution in [-0.4, -0.2) is 25.7 Å². The first-order valence-electron chi connectivity index (χ1n) is 7.21. The third kappa shape index (κ3) is 5.68. The van der Waals surface area contributed by atoms with Crippen molar-refractivity contribution in [3.63, 3.8) is 0 Å². The normalized spacial score (nSPS) is 12.1. The Balaban J connectivity index is 2.23. The number of carbonyl (C=O) groups excluding carboxylic acids is 1. The van der Waals surface area contributed by atoms with E-state index in [1.165, 1.54) is 42.5 Å². The molecule has 0 saturated carbocycles. The molecule has 0 saturated heterocycles. The van der Waals surface area contributed by atoms with E-state index in [1.807, 2.05) is 0 Å². The van der Waals surface area contributed by atoms with E-state index < -0.39 is 25.7 Å². The fourth-order valence-corrected chi connectivity index (χ4v) is 2.38. The van der Waals surface area contributed by atoms with Crippen LogP contribution in [0.15, 0.2) is 48.5 Å². The zero-order valence-corrected chi connectivity index (χ0v) is 15.5. The molecule has 0 fully saturated rings. The van der Waals surface area contributed by atoms with E-state index in [4.69, 9.17) is 34.8 Å². The van der Waals surface area contributed by atoms with Gasteiger partial charge in [-0.2, -0.15) is 0 Å². The van der Waals surface area contributed by atoms with Crippen molar-refractivity contribution in [3.05, 3.63) is 74.3 Å². The van der Waals surface area contributed by atoms with Gasteiger partial charge in [0.25, 0.3) is 17.3 Å². The highest BCUT2D eigenvalue weighted by Crippen LogP contribution is 2.32. The average Bonchev–Trinajstić information content (AvgIpc) is 2.60. The van der Waals surface area contributed by atoms with Crippen LogP contribution < -0.4 is 10.6 Å². The molecule has 142 valence electrons. The number of rotatable bonds is 6. The molecule has 1 atom stereocenters. The monoisotopic (exact) mass is 432 g/mol. The molecule has 0 radical (unpaired) electrons. The topological polar surface area (TPSA) is 127 Å². The van der Waals surface area contributed by atoms with Crippen molar-refractivity contribution >= 4 is 57.8 Å². The number of nitrogens with zero attached hydrogens (tertiary/aromatic N) is 2. The maximum atomic E-state index is 12.4. The zero-order chi connectivity index (χ0) is 20.2. The molecule has 2 N–H and O–H groups in total. The SMILES string of the molecule is O=C(NC(Nc1cccc([N+](=O)[O-])c1)C(Cl)(Cl)Cl)c1cccc([N+](=O)[O-])c1. The molecular weight excluding hydrogens is 423 g/mol. The first-order chi connectivity index (χ1) is 12.6. The number of carbonyl (C=O) groups is 1. The van der Waals surface area contributed by atoms with Crippen molar-refractivity contribution in [2.24, 2.45) is 0 Å². The van der Waals surface area contributed by atoms with E-state index in [-0.39, 0.29) is 22.6 Å². The highest BCUT2D eigenvalue weighted by atomic mass is 35.6. The molecule has 0 aromatic heterocycles. The van der Waals surface area contributed by atoms with Crippen LogP contribution >= 0.6 is 34.8 Å². The minimum atomic E-state index is -2.03. The lowest BCUT2D eigenvalue weighted by molar-refractivity contribution is -0.385. The highest BCUT2D eigenvalue weighted by Gasteiger charge is 2.34. The summed E-state index contributed by atoms with van der Waals surface area (Å²) in [6.07, 6.45) is -1.28. The van der Waals surface area contributed by atoms with Gasteiger partial charge in [-0.3, -0.25) is 25.0 Å². The van der Waals surface area contributed by atoms with Gasteiger partial charge in [0.15, 0.2) is 0 Å². The summed E-state index contributed by atoms with van der Waals surface area (Å²) in [7, 11) is 0. The number of amides is 1. The van der Waals surface area contributed by atoms with Gasteiger partial charge in [-0.15, -0.1) is 0 Å². The fourth-order valence-electron chi connectivity index (χ4n) is 2.05. The Hall–Kier alpha value is -2.62. The van der Waals surface area contributed by atoms with Crippen LogP contribution in [0.5, 0.6) is 0 Å². The van der Waals surface area contributed by atoms with Crippen LogP contribution in [0.25, 0.3) is 0 Å². The summed E-state index contributed by atoms with van der Waals surface area (Å²) in [6, 6.07) is 10.4. The Bertz CT molecular complexity index is 888. The first-order valence-corrected chi connectivity index (χ1v) is 8.34. The molecule has 0 bridgehead atoms. The molecular formula is C15H11Cl3N4O5. The van der Waals surface area contributed by atoms with E-state index in [0.717, 1.165) is 6.07 Å². The summed E-state index contributed by atoms with van der Waals surface area (Å²) >= 11 is 17.6. The second-order valence-electron chi connectivity index (χ2n) is 5.21. The predicted molar refractivity (Wildman–Crippen MR) is 101 cm³/mol. The Morgan fingerprint density at radius 3 is 2.07 bits per heavy atom. The lowest BCUT2D eigenvalue weighted by Gasteiger charge is -2.27. The van der Waals surface area contributed by atoms with Crippen molar-refractivity contribution in [1.82, 2.24) is 5.32 Å². The van der Waals surface area contributed by atoms with Crippen LogP contribution in [0.1, 0.15) is 10.4 Å². The van der Waals surface area contributed by atoms with Crippen LogP contribution in [0.4, 0.5) is 17.1 Å². The number of hydrogen-bond donors (Lipinski definition) is 2. The number of nitrogens with one attached hydrogen (secondary N) is 2. The molecule has 1 unspecified atom stereocenters. The van der Waals surface area contributed by atoms with Gasteiger partial charge in [0.05, 0.1) is 9.85 Å². The molecule has 2 rings (SSSR count). The molecule has 9 nitrogen and oxygen atoms in total. The number of non-ortho nitro benzene ring substituents is 2. The zero-order valence-electron chi connectivity index (χ0n) is 13.3. The molecule has 0 heterocycles. The summed E-state index contributed by atoms with van der Waals surface area (Å²) in [5.74, 6) is -0.743. The van der Waals surface area contributed by atoms with Gasteiger partial charge in [0.1, 0.15) is 6.17 Å². The molecule has 1 amide bonds. The second-order valence-corrected chi connectivity index (χ2v) is 7.58. The standard InChI is InChI=1S/C15H11Cl3N4O5/c16-15(17,18)14(19-10-4-2-6-12(8-10)22(26)27)20-13(23)9-3-1-5-11(7-9)21(24)25/h1-8,14,19H,(H,20,23). The maximum absolute atomic E-state index is 12.4. The number of anilines is 1. The van der Waals surface area contributed by atoms with Crippen LogP contribution in [0.2, 0.25) is 0 Å². The number of nitro benzene ring substituents is 2. The Morgan fingerprint density at radius 1 is 0.963 bits per heavy atom. The molecule has 0 aliphatic carbocycles. The van der Waals surface area contributed by atoms with Gasteiger partial charge in [-0.05, 0) is 12.1 Å². The van der Waals surface area contributed by atoms with Crippen molar-refractivity contribution < 1.29 is 14.6 Å². The van der Waals surface area contributed by atoms with Gasteiger partial charge in [-0.25, -0.2) is 0 Å². The van der Waals surface area contributed by atoms with Crippen molar-refractivity contribution in [1.29, 1.82) is 0 Å².